The lowest BCUT2D eigenvalue weighted by Gasteiger charge is -2.12. The molecule has 3 N–H and O–H groups in total. The van der Waals surface area contributed by atoms with Crippen molar-refractivity contribution in [3.8, 4) is 0 Å². The first-order chi connectivity index (χ1) is 9.70. The fourth-order valence-electron chi connectivity index (χ4n) is 1.67. The zero-order valence-corrected chi connectivity index (χ0v) is 14.6. The second kappa shape index (κ2) is 6.00. The van der Waals surface area contributed by atoms with E-state index in [4.69, 9.17) is 28.9 Å². The van der Waals surface area contributed by atoms with Gasteiger partial charge in [-0.25, -0.2) is 13.4 Å². The smallest absolute Gasteiger partial charge is 0.266 e. The molecule has 0 bridgehead atoms. The van der Waals surface area contributed by atoms with Crippen LogP contribution < -0.4 is 10.5 Å². The van der Waals surface area contributed by atoms with Crippen LogP contribution in [-0.4, -0.2) is 13.4 Å². The number of rotatable bonds is 3. The maximum absolute atomic E-state index is 12.4. The minimum absolute atomic E-state index is 0.00923. The monoisotopic (exact) mass is 409 g/mol. The molecule has 112 valence electrons. The molecule has 21 heavy (non-hydrogen) atoms. The number of hydrogen-bond donors (Lipinski definition) is 2. The molecular weight excluding hydrogens is 401 g/mol. The second-order valence-electron chi connectivity index (χ2n) is 4.24. The molecule has 0 aliphatic heterocycles. The van der Waals surface area contributed by atoms with Crippen LogP contribution in [0, 0.1) is 6.92 Å². The van der Waals surface area contributed by atoms with Crippen LogP contribution in [-0.2, 0) is 10.0 Å². The SMILES string of the molecule is Cc1cc(N)cnc1NS(=O)(=O)c1c(Cl)cc(Br)cc1Cl. The first-order valence-electron chi connectivity index (χ1n) is 5.60. The summed E-state index contributed by atoms with van der Waals surface area (Å²) in [6.45, 7) is 1.69. The number of aromatic nitrogens is 1. The van der Waals surface area contributed by atoms with Gasteiger partial charge in [0, 0.05) is 4.47 Å². The average molecular weight is 411 g/mol. The van der Waals surface area contributed by atoms with Crippen LogP contribution in [0.2, 0.25) is 10.0 Å². The highest BCUT2D eigenvalue weighted by atomic mass is 79.9. The van der Waals surface area contributed by atoms with Crippen LogP contribution in [0.1, 0.15) is 5.56 Å². The van der Waals surface area contributed by atoms with E-state index in [9.17, 15) is 8.42 Å². The third-order valence-electron chi connectivity index (χ3n) is 2.56. The van der Waals surface area contributed by atoms with E-state index in [1.54, 1.807) is 13.0 Å². The van der Waals surface area contributed by atoms with Crippen molar-refractivity contribution in [3.05, 3.63) is 44.5 Å². The molecule has 0 aliphatic rings. The zero-order chi connectivity index (χ0) is 15.8. The molecule has 0 saturated carbocycles. The predicted molar refractivity (Wildman–Crippen MR) is 88.4 cm³/mol. The first-order valence-corrected chi connectivity index (χ1v) is 8.63. The summed E-state index contributed by atoms with van der Waals surface area (Å²) in [5.74, 6) is 0.166. The van der Waals surface area contributed by atoms with E-state index in [-0.39, 0.29) is 20.8 Å². The van der Waals surface area contributed by atoms with Crippen LogP contribution in [0.15, 0.2) is 33.8 Å². The molecule has 0 amide bonds. The van der Waals surface area contributed by atoms with Gasteiger partial charge in [-0.1, -0.05) is 39.1 Å². The molecule has 0 unspecified atom stereocenters. The Bertz CT molecular complexity index is 789. The summed E-state index contributed by atoms with van der Waals surface area (Å²) in [5.41, 5.74) is 6.61. The Kier molecular flexibility index (Phi) is 4.67. The van der Waals surface area contributed by atoms with Gasteiger partial charge in [0.25, 0.3) is 10.0 Å². The molecule has 0 fully saturated rings. The van der Waals surface area contributed by atoms with Crippen molar-refractivity contribution in [1.29, 1.82) is 0 Å². The van der Waals surface area contributed by atoms with Crippen molar-refractivity contribution in [2.45, 2.75) is 11.8 Å². The Hall–Kier alpha value is -1.02. The van der Waals surface area contributed by atoms with Crippen molar-refractivity contribution >= 4 is 60.7 Å². The summed E-state index contributed by atoms with van der Waals surface area (Å²) in [5, 5.41) is 0.0185. The van der Waals surface area contributed by atoms with Crippen LogP contribution in [0.3, 0.4) is 0 Å². The first kappa shape index (κ1) is 16.4. The van der Waals surface area contributed by atoms with E-state index in [0.717, 1.165) is 0 Å². The van der Waals surface area contributed by atoms with E-state index in [1.165, 1.54) is 18.3 Å². The molecule has 9 heteroatoms. The predicted octanol–water partition coefficient (Wildman–Crippen LogP) is 3.84. The van der Waals surface area contributed by atoms with Crippen molar-refractivity contribution in [3.63, 3.8) is 0 Å². The lowest BCUT2D eigenvalue weighted by molar-refractivity contribution is 0.601. The maximum Gasteiger partial charge on any atom is 0.266 e. The van der Waals surface area contributed by atoms with Crippen LogP contribution in [0.4, 0.5) is 11.5 Å². The summed E-state index contributed by atoms with van der Waals surface area (Å²) >= 11 is 15.1. The van der Waals surface area contributed by atoms with Gasteiger partial charge in [-0.15, -0.1) is 0 Å². The third-order valence-corrected chi connectivity index (χ3v) is 5.28. The summed E-state index contributed by atoms with van der Waals surface area (Å²) in [6, 6.07) is 4.51. The van der Waals surface area contributed by atoms with E-state index < -0.39 is 10.0 Å². The normalized spacial score (nSPS) is 11.4. The summed E-state index contributed by atoms with van der Waals surface area (Å²) < 4.78 is 27.8. The zero-order valence-electron chi connectivity index (χ0n) is 10.7. The molecule has 5 nitrogen and oxygen atoms in total. The molecule has 0 atom stereocenters. The van der Waals surface area contributed by atoms with Crippen molar-refractivity contribution in [2.24, 2.45) is 0 Å². The third kappa shape index (κ3) is 3.60. The van der Waals surface area contributed by atoms with Gasteiger partial charge >= 0.3 is 0 Å². The molecule has 0 spiro atoms. The topological polar surface area (TPSA) is 85.1 Å². The summed E-state index contributed by atoms with van der Waals surface area (Å²) in [7, 11) is -3.96. The van der Waals surface area contributed by atoms with Gasteiger partial charge in [-0.3, -0.25) is 4.72 Å². The largest absolute Gasteiger partial charge is 0.397 e. The molecule has 1 aromatic heterocycles. The van der Waals surface area contributed by atoms with Crippen LogP contribution >= 0.6 is 39.1 Å². The van der Waals surface area contributed by atoms with Gasteiger partial charge in [0.2, 0.25) is 0 Å². The molecule has 1 heterocycles. The molecule has 2 rings (SSSR count). The van der Waals surface area contributed by atoms with E-state index in [2.05, 4.69) is 25.6 Å². The quantitative estimate of drug-likeness (QED) is 0.804. The van der Waals surface area contributed by atoms with Gasteiger partial charge in [0.05, 0.1) is 21.9 Å². The molecular formula is C12H10BrCl2N3O2S. The Morgan fingerprint density at radius 3 is 2.33 bits per heavy atom. The Morgan fingerprint density at radius 2 is 1.81 bits per heavy atom. The van der Waals surface area contributed by atoms with Gasteiger partial charge in [-0.05, 0) is 30.7 Å². The highest BCUT2D eigenvalue weighted by Gasteiger charge is 2.23. The van der Waals surface area contributed by atoms with E-state index >= 15 is 0 Å². The molecule has 0 saturated heterocycles. The maximum atomic E-state index is 12.4. The lowest BCUT2D eigenvalue weighted by Crippen LogP contribution is -2.16. The lowest BCUT2D eigenvalue weighted by atomic mass is 10.3. The van der Waals surface area contributed by atoms with Crippen molar-refractivity contribution in [1.82, 2.24) is 4.98 Å². The number of nitrogen functional groups attached to an aromatic ring is 1. The summed E-state index contributed by atoms with van der Waals surface area (Å²) in [6.07, 6.45) is 1.36. The number of nitrogens with zero attached hydrogens (tertiary/aromatic N) is 1. The molecule has 0 aliphatic carbocycles. The fraction of sp³-hybridized carbons (Fsp3) is 0.0833. The molecule has 0 radical (unpaired) electrons. The van der Waals surface area contributed by atoms with E-state index in [1.807, 2.05) is 0 Å². The number of benzene rings is 1. The Labute approximate surface area is 140 Å². The average Bonchev–Trinajstić information content (AvgIpc) is 2.30. The van der Waals surface area contributed by atoms with Gasteiger partial charge in [-0.2, -0.15) is 0 Å². The van der Waals surface area contributed by atoms with E-state index in [0.29, 0.717) is 15.7 Å². The highest BCUT2D eigenvalue weighted by molar-refractivity contribution is 9.10. The van der Waals surface area contributed by atoms with Gasteiger partial charge in [0.1, 0.15) is 10.7 Å². The minimum Gasteiger partial charge on any atom is -0.397 e. The number of aryl methyl sites for hydroxylation is 1. The fourth-order valence-corrected chi connectivity index (χ4v) is 4.69. The number of sulfonamides is 1. The van der Waals surface area contributed by atoms with Crippen molar-refractivity contribution in [2.75, 3.05) is 10.5 Å². The number of nitrogens with one attached hydrogen (secondary N) is 1. The summed E-state index contributed by atoms with van der Waals surface area (Å²) in [4.78, 5) is 3.75. The number of halogens is 3. The number of anilines is 2. The van der Waals surface area contributed by atoms with Gasteiger partial charge < -0.3 is 5.73 Å². The Balaban J connectivity index is 2.48. The number of nitrogens with two attached hydrogens (primary N) is 1. The second-order valence-corrected chi connectivity index (χ2v) is 7.59. The molecule has 2 aromatic rings. The number of pyridine rings is 1. The molecule has 1 aromatic carbocycles. The van der Waals surface area contributed by atoms with Crippen LogP contribution in [0.25, 0.3) is 0 Å². The van der Waals surface area contributed by atoms with Gasteiger partial charge in [0.15, 0.2) is 0 Å². The standard InChI is InChI=1S/C12H10BrCl2N3O2S/c1-6-2-8(16)5-17-12(6)18-21(19,20)11-9(14)3-7(13)4-10(11)15/h2-5H,16H2,1H3,(H,17,18). The highest BCUT2D eigenvalue weighted by Crippen LogP contribution is 2.34. The van der Waals surface area contributed by atoms with Crippen molar-refractivity contribution < 1.29 is 8.42 Å². The number of hydrogen-bond acceptors (Lipinski definition) is 4. The van der Waals surface area contributed by atoms with Crippen LogP contribution in [0.5, 0.6) is 0 Å². The Morgan fingerprint density at radius 1 is 1.24 bits per heavy atom. The minimum atomic E-state index is -3.96.